The summed E-state index contributed by atoms with van der Waals surface area (Å²) >= 11 is 1.57. The molecule has 0 saturated carbocycles. The second-order valence-corrected chi connectivity index (χ2v) is 8.65. The summed E-state index contributed by atoms with van der Waals surface area (Å²) in [5.74, 6) is 2.00. The molecule has 2 aliphatic rings. The van der Waals surface area contributed by atoms with E-state index in [1.165, 1.54) is 5.56 Å². The van der Waals surface area contributed by atoms with Crippen LogP contribution in [-0.2, 0) is 4.79 Å². The Bertz CT molecular complexity index is 1340. The lowest BCUT2D eigenvalue weighted by Crippen LogP contribution is -2.24. The van der Waals surface area contributed by atoms with Gasteiger partial charge < -0.3 is 14.8 Å². The van der Waals surface area contributed by atoms with Crippen molar-refractivity contribution in [1.29, 1.82) is 0 Å². The van der Waals surface area contributed by atoms with Gasteiger partial charge in [0.05, 0.1) is 15.9 Å². The van der Waals surface area contributed by atoms with Crippen LogP contribution in [0.4, 0.5) is 5.82 Å². The minimum atomic E-state index is -0.103. The number of ether oxygens (including phenoxy) is 2. The van der Waals surface area contributed by atoms with Crippen LogP contribution in [0.2, 0.25) is 0 Å². The maximum absolute atomic E-state index is 12.6. The number of nitrogens with one attached hydrogen (secondary N) is 1. The maximum atomic E-state index is 12.6. The summed E-state index contributed by atoms with van der Waals surface area (Å²) in [6.45, 7) is 4.27. The molecule has 30 heavy (non-hydrogen) atoms. The Labute approximate surface area is 176 Å². The SMILES string of the molecule is Cc1ccc2nc(-n3nc(C)c4c3NC(=O)CC4c3ccc4c(c3)OCO4)sc2c1. The molecule has 0 radical (unpaired) electrons. The Morgan fingerprint density at radius 3 is 2.90 bits per heavy atom. The maximum Gasteiger partial charge on any atom is 0.231 e. The average molecular weight is 418 g/mol. The Hall–Kier alpha value is -3.39. The molecule has 0 bridgehead atoms. The Balaban J connectivity index is 1.49. The van der Waals surface area contributed by atoms with Gasteiger partial charge in [0.2, 0.25) is 17.8 Å². The van der Waals surface area contributed by atoms with E-state index in [9.17, 15) is 4.79 Å². The fraction of sp³-hybridized carbons (Fsp3) is 0.227. The molecule has 7 nitrogen and oxygen atoms in total. The Kier molecular flexibility index (Phi) is 3.67. The fourth-order valence-corrected chi connectivity index (χ4v) is 5.23. The number of aromatic nitrogens is 3. The lowest BCUT2D eigenvalue weighted by Gasteiger charge is -2.24. The van der Waals surface area contributed by atoms with E-state index >= 15 is 0 Å². The van der Waals surface area contributed by atoms with Gasteiger partial charge in [-0.1, -0.05) is 23.5 Å². The minimum Gasteiger partial charge on any atom is -0.454 e. The summed E-state index contributed by atoms with van der Waals surface area (Å²) in [5, 5.41) is 8.53. The van der Waals surface area contributed by atoms with Crippen molar-refractivity contribution < 1.29 is 14.3 Å². The number of benzene rings is 2. The summed E-state index contributed by atoms with van der Waals surface area (Å²) < 4.78 is 13.8. The van der Waals surface area contributed by atoms with Crippen molar-refractivity contribution >= 4 is 33.3 Å². The molecule has 4 aromatic rings. The van der Waals surface area contributed by atoms with Crippen molar-refractivity contribution in [3.63, 3.8) is 0 Å². The number of hydrogen-bond acceptors (Lipinski definition) is 6. The van der Waals surface area contributed by atoms with Gasteiger partial charge in [-0.2, -0.15) is 9.78 Å². The zero-order valence-electron chi connectivity index (χ0n) is 16.4. The van der Waals surface area contributed by atoms with Gasteiger partial charge in [0.15, 0.2) is 11.5 Å². The normalized spacial score (nSPS) is 17.3. The van der Waals surface area contributed by atoms with Crippen molar-refractivity contribution in [2.24, 2.45) is 0 Å². The van der Waals surface area contributed by atoms with Crippen molar-refractivity contribution in [3.05, 3.63) is 58.8 Å². The number of hydrogen-bond donors (Lipinski definition) is 1. The third kappa shape index (κ3) is 2.60. The number of thiazole rings is 1. The van der Waals surface area contributed by atoms with Gasteiger partial charge in [-0.05, 0) is 49.2 Å². The number of anilines is 1. The van der Waals surface area contributed by atoms with Crippen LogP contribution in [-0.4, -0.2) is 27.5 Å². The van der Waals surface area contributed by atoms with Crippen molar-refractivity contribution in [1.82, 2.24) is 14.8 Å². The van der Waals surface area contributed by atoms with Gasteiger partial charge in [-0.25, -0.2) is 4.98 Å². The largest absolute Gasteiger partial charge is 0.454 e. The first-order valence-corrected chi connectivity index (χ1v) is 10.5. The van der Waals surface area contributed by atoms with Gasteiger partial charge in [0.1, 0.15) is 5.82 Å². The van der Waals surface area contributed by atoms with Gasteiger partial charge in [0.25, 0.3) is 0 Å². The molecule has 6 rings (SSSR count). The monoisotopic (exact) mass is 418 g/mol. The number of nitrogens with zero attached hydrogens (tertiary/aromatic N) is 3. The lowest BCUT2D eigenvalue weighted by atomic mass is 9.85. The van der Waals surface area contributed by atoms with Gasteiger partial charge in [-0.3, -0.25) is 4.79 Å². The van der Waals surface area contributed by atoms with Crippen LogP contribution in [0.3, 0.4) is 0 Å². The van der Waals surface area contributed by atoms with E-state index < -0.39 is 0 Å². The van der Waals surface area contributed by atoms with Crippen LogP contribution < -0.4 is 14.8 Å². The van der Waals surface area contributed by atoms with Crippen LogP contribution in [0.25, 0.3) is 15.3 Å². The van der Waals surface area contributed by atoms with Crippen molar-refractivity contribution in [2.45, 2.75) is 26.2 Å². The first-order valence-electron chi connectivity index (χ1n) is 9.73. The highest BCUT2D eigenvalue weighted by molar-refractivity contribution is 7.20. The quantitative estimate of drug-likeness (QED) is 0.525. The summed E-state index contributed by atoms with van der Waals surface area (Å²) in [7, 11) is 0. The molecule has 0 saturated heterocycles. The zero-order chi connectivity index (χ0) is 20.4. The number of rotatable bonds is 2. The second kappa shape index (κ2) is 6.30. The van der Waals surface area contributed by atoms with Gasteiger partial charge in [0, 0.05) is 17.9 Å². The molecular formula is C22H18N4O3S. The van der Waals surface area contributed by atoms with E-state index in [-0.39, 0.29) is 18.6 Å². The summed E-state index contributed by atoms with van der Waals surface area (Å²) in [5.41, 5.74) is 5.02. The van der Waals surface area contributed by atoms with E-state index in [0.29, 0.717) is 18.0 Å². The summed E-state index contributed by atoms with van der Waals surface area (Å²) in [6, 6.07) is 12.0. The molecule has 2 aromatic carbocycles. The summed E-state index contributed by atoms with van der Waals surface area (Å²) in [6.07, 6.45) is 0.359. The predicted molar refractivity (Wildman–Crippen MR) is 114 cm³/mol. The first-order chi connectivity index (χ1) is 14.6. The molecule has 0 spiro atoms. The summed E-state index contributed by atoms with van der Waals surface area (Å²) in [4.78, 5) is 17.4. The van der Waals surface area contributed by atoms with Crippen molar-refractivity contribution in [3.8, 4) is 16.6 Å². The molecule has 2 aliphatic heterocycles. The topological polar surface area (TPSA) is 78.3 Å². The van der Waals surface area contributed by atoms with Crippen LogP contribution in [0.1, 0.15) is 34.7 Å². The molecule has 1 N–H and O–H groups in total. The van der Waals surface area contributed by atoms with E-state index in [1.54, 1.807) is 16.0 Å². The highest BCUT2D eigenvalue weighted by Gasteiger charge is 2.34. The fourth-order valence-electron chi connectivity index (χ4n) is 4.21. The van der Waals surface area contributed by atoms with Crippen LogP contribution in [0.15, 0.2) is 36.4 Å². The smallest absolute Gasteiger partial charge is 0.231 e. The van der Waals surface area contributed by atoms with Gasteiger partial charge in [-0.15, -0.1) is 0 Å². The molecule has 1 unspecified atom stereocenters. The third-order valence-electron chi connectivity index (χ3n) is 5.62. The van der Waals surface area contributed by atoms with Crippen LogP contribution in [0, 0.1) is 13.8 Å². The molecule has 8 heteroatoms. The first kappa shape index (κ1) is 17.5. The number of aryl methyl sites for hydroxylation is 2. The molecular weight excluding hydrogens is 400 g/mol. The predicted octanol–water partition coefficient (Wildman–Crippen LogP) is 4.30. The third-order valence-corrected chi connectivity index (χ3v) is 6.61. The van der Waals surface area contributed by atoms with Crippen LogP contribution in [0.5, 0.6) is 11.5 Å². The van der Waals surface area contributed by atoms with E-state index in [4.69, 9.17) is 19.6 Å². The highest BCUT2D eigenvalue weighted by Crippen LogP contribution is 2.43. The zero-order valence-corrected chi connectivity index (χ0v) is 17.2. The molecule has 0 fully saturated rings. The van der Waals surface area contributed by atoms with Gasteiger partial charge >= 0.3 is 0 Å². The molecule has 4 heterocycles. The standard InChI is InChI=1S/C22H18N4O3S/c1-11-3-5-15-18(7-11)30-22(23-15)26-21-20(12(2)25-26)14(9-19(27)24-21)13-4-6-16-17(8-13)29-10-28-16/h3-8,14H,9-10H2,1-2H3,(H,24,27). The minimum absolute atomic E-state index is 0.0386. The molecule has 1 amide bonds. The molecule has 0 aliphatic carbocycles. The Morgan fingerprint density at radius 2 is 2.00 bits per heavy atom. The number of fused-ring (bicyclic) bond motifs is 3. The van der Waals surface area contributed by atoms with Crippen LogP contribution >= 0.6 is 11.3 Å². The molecule has 2 aromatic heterocycles. The Morgan fingerprint density at radius 1 is 1.13 bits per heavy atom. The molecule has 1 atom stereocenters. The van der Waals surface area contributed by atoms with Crippen molar-refractivity contribution in [2.75, 3.05) is 12.1 Å². The average Bonchev–Trinajstić information content (AvgIpc) is 3.43. The number of carbonyl (C=O) groups excluding carboxylic acids is 1. The molecule has 150 valence electrons. The number of carbonyl (C=O) groups is 1. The van der Waals surface area contributed by atoms with E-state index in [1.807, 2.05) is 37.3 Å². The second-order valence-electron chi connectivity index (χ2n) is 7.64. The van der Waals surface area contributed by atoms with E-state index in [2.05, 4.69) is 18.3 Å². The number of amides is 1. The van der Waals surface area contributed by atoms with E-state index in [0.717, 1.165) is 37.9 Å². The lowest BCUT2D eigenvalue weighted by molar-refractivity contribution is -0.116. The highest BCUT2D eigenvalue weighted by atomic mass is 32.1.